The van der Waals surface area contributed by atoms with E-state index >= 15 is 0 Å². The first kappa shape index (κ1) is 9.32. The third kappa shape index (κ3) is 2.99. The summed E-state index contributed by atoms with van der Waals surface area (Å²) in [4.78, 5) is 10.4. The minimum Gasteiger partial charge on any atom is -0.478 e. The van der Waals surface area contributed by atoms with Crippen molar-refractivity contribution in [2.45, 2.75) is 6.92 Å². The van der Waals surface area contributed by atoms with Crippen LogP contribution in [0.2, 0.25) is 0 Å². The number of benzene rings is 1. The van der Waals surface area contributed by atoms with E-state index in [-0.39, 0.29) is 5.57 Å². The van der Waals surface area contributed by atoms with Crippen LogP contribution in [0.4, 0.5) is 0 Å². The highest BCUT2D eigenvalue weighted by molar-refractivity contribution is 5.85. The van der Waals surface area contributed by atoms with Crippen LogP contribution in [0.15, 0.2) is 42.2 Å². The largest absolute Gasteiger partial charge is 0.478 e. The Labute approximate surface area is 76.3 Å². The van der Waals surface area contributed by atoms with Gasteiger partial charge in [0.25, 0.3) is 0 Å². The molecule has 68 valence electrons. The van der Waals surface area contributed by atoms with Crippen LogP contribution in [-0.2, 0) is 4.79 Å². The van der Waals surface area contributed by atoms with Crippen molar-refractivity contribution in [3.8, 4) is 5.75 Å². The molecule has 0 saturated heterocycles. The van der Waals surface area contributed by atoms with Crippen LogP contribution in [0.3, 0.4) is 0 Å². The van der Waals surface area contributed by atoms with Gasteiger partial charge in [-0.2, -0.15) is 0 Å². The molecular formula is C10H10O3. The molecule has 13 heavy (non-hydrogen) atoms. The van der Waals surface area contributed by atoms with Crippen LogP contribution in [0.1, 0.15) is 6.92 Å². The Morgan fingerprint density at radius 3 is 2.54 bits per heavy atom. The van der Waals surface area contributed by atoms with Gasteiger partial charge in [0.05, 0.1) is 5.57 Å². The number of hydrogen-bond acceptors (Lipinski definition) is 2. The van der Waals surface area contributed by atoms with Crippen molar-refractivity contribution in [2.75, 3.05) is 0 Å². The van der Waals surface area contributed by atoms with Crippen molar-refractivity contribution in [3.05, 3.63) is 42.2 Å². The predicted octanol–water partition coefficient (Wildman–Crippen LogP) is 2.05. The van der Waals surface area contributed by atoms with Gasteiger partial charge in [-0.05, 0) is 19.1 Å². The lowest BCUT2D eigenvalue weighted by molar-refractivity contribution is -0.132. The molecule has 0 spiro atoms. The average Bonchev–Trinajstić information content (AvgIpc) is 2.15. The Hall–Kier alpha value is -1.77. The Balaban J connectivity index is 2.62. The number of rotatable bonds is 3. The highest BCUT2D eigenvalue weighted by Crippen LogP contribution is 2.09. The minimum atomic E-state index is -0.976. The van der Waals surface area contributed by atoms with Gasteiger partial charge >= 0.3 is 5.97 Å². The number of hydrogen-bond donors (Lipinski definition) is 1. The molecule has 0 aliphatic rings. The van der Waals surface area contributed by atoms with Crippen molar-refractivity contribution in [1.82, 2.24) is 0 Å². The van der Waals surface area contributed by atoms with E-state index in [0.29, 0.717) is 5.75 Å². The SMILES string of the molecule is C/C(=C\Oc1ccccc1)C(=O)O. The molecule has 0 aliphatic carbocycles. The highest BCUT2D eigenvalue weighted by Gasteiger charge is 1.99. The molecule has 0 aliphatic heterocycles. The van der Waals surface area contributed by atoms with Crippen molar-refractivity contribution in [2.24, 2.45) is 0 Å². The first-order valence-electron chi connectivity index (χ1n) is 3.82. The maximum atomic E-state index is 10.4. The fourth-order valence-corrected chi connectivity index (χ4v) is 0.706. The van der Waals surface area contributed by atoms with Gasteiger partial charge < -0.3 is 9.84 Å². The Bertz CT molecular complexity index is 314. The zero-order chi connectivity index (χ0) is 9.68. The minimum absolute atomic E-state index is 0.170. The quantitative estimate of drug-likeness (QED) is 0.569. The summed E-state index contributed by atoms with van der Waals surface area (Å²) in [5.74, 6) is -0.348. The summed E-state index contributed by atoms with van der Waals surface area (Å²) in [6.07, 6.45) is 1.22. The molecule has 3 nitrogen and oxygen atoms in total. The molecule has 1 aromatic carbocycles. The van der Waals surface area contributed by atoms with E-state index in [4.69, 9.17) is 9.84 Å². The van der Waals surface area contributed by atoms with E-state index < -0.39 is 5.97 Å². The first-order valence-corrected chi connectivity index (χ1v) is 3.82. The van der Waals surface area contributed by atoms with E-state index in [1.54, 1.807) is 12.1 Å². The third-order valence-corrected chi connectivity index (χ3v) is 1.45. The van der Waals surface area contributed by atoms with Gasteiger partial charge in [-0.3, -0.25) is 0 Å². The van der Waals surface area contributed by atoms with Gasteiger partial charge in [0.2, 0.25) is 0 Å². The van der Waals surface area contributed by atoms with E-state index in [2.05, 4.69) is 0 Å². The van der Waals surface area contributed by atoms with Crippen molar-refractivity contribution >= 4 is 5.97 Å². The lowest BCUT2D eigenvalue weighted by atomic mass is 10.3. The standard InChI is InChI=1S/C10H10O3/c1-8(10(11)12)7-13-9-5-3-2-4-6-9/h2-7H,1H3,(H,11,12)/b8-7+. The Morgan fingerprint density at radius 2 is 2.00 bits per heavy atom. The molecule has 0 atom stereocenters. The van der Waals surface area contributed by atoms with Gasteiger partial charge in [-0.25, -0.2) is 4.79 Å². The normalized spacial score (nSPS) is 11.0. The summed E-state index contributed by atoms with van der Waals surface area (Å²) in [6, 6.07) is 9.01. The van der Waals surface area contributed by atoms with Gasteiger partial charge in [-0.1, -0.05) is 18.2 Å². The zero-order valence-electron chi connectivity index (χ0n) is 7.23. The van der Waals surface area contributed by atoms with Crippen LogP contribution < -0.4 is 4.74 Å². The fourth-order valence-electron chi connectivity index (χ4n) is 0.706. The molecule has 0 bridgehead atoms. The molecular weight excluding hydrogens is 168 g/mol. The molecule has 0 radical (unpaired) electrons. The number of para-hydroxylation sites is 1. The van der Waals surface area contributed by atoms with Crippen molar-refractivity contribution in [1.29, 1.82) is 0 Å². The third-order valence-electron chi connectivity index (χ3n) is 1.45. The zero-order valence-corrected chi connectivity index (χ0v) is 7.23. The number of aliphatic carboxylic acids is 1. The maximum absolute atomic E-state index is 10.4. The summed E-state index contributed by atoms with van der Waals surface area (Å²) in [5.41, 5.74) is 0.170. The van der Waals surface area contributed by atoms with Crippen LogP contribution in [0.5, 0.6) is 5.75 Å². The Morgan fingerprint density at radius 1 is 1.38 bits per heavy atom. The topological polar surface area (TPSA) is 46.5 Å². The average molecular weight is 178 g/mol. The molecule has 0 heterocycles. The Kier molecular flexibility index (Phi) is 3.09. The number of carbonyl (C=O) groups is 1. The van der Waals surface area contributed by atoms with Crippen LogP contribution in [-0.4, -0.2) is 11.1 Å². The lowest BCUT2D eigenvalue weighted by Gasteiger charge is -1.99. The monoisotopic (exact) mass is 178 g/mol. The second-order valence-electron chi connectivity index (χ2n) is 2.54. The molecule has 0 fully saturated rings. The van der Waals surface area contributed by atoms with Gasteiger partial charge in [0.15, 0.2) is 0 Å². The number of carboxylic acids is 1. The fraction of sp³-hybridized carbons (Fsp3) is 0.100. The van der Waals surface area contributed by atoms with Gasteiger partial charge in [0, 0.05) is 0 Å². The number of ether oxygens (including phenoxy) is 1. The predicted molar refractivity (Wildman–Crippen MR) is 48.5 cm³/mol. The summed E-state index contributed by atoms with van der Waals surface area (Å²) in [6.45, 7) is 1.48. The second kappa shape index (κ2) is 4.30. The summed E-state index contributed by atoms with van der Waals surface area (Å²) < 4.78 is 5.09. The van der Waals surface area contributed by atoms with Gasteiger partial charge in [0.1, 0.15) is 12.0 Å². The molecule has 0 amide bonds. The molecule has 1 N–H and O–H groups in total. The first-order chi connectivity index (χ1) is 6.20. The smallest absolute Gasteiger partial charge is 0.334 e. The summed E-state index contributed by atoms with van der Waals surface area (Å²) >= 11 is 0. The maximum Gasteiger partial charge on any atom is 0.334 e. The molecule has 0 saturated carbocycles. The molecule has 0 aromatic heterocycles. The van der Waals surface area contributed by atoms with E-state index in [1.807, 2.05) is 18.2 Å². The summed E-state index contributed by atoms with van der Waals surface area (Å²) in [7, 11) is 0. The molecule has 1 aromatic rings. The molecule has 1 rings (SSSR count). The second-order valence-corrected chi connectivity index (χ2v) is 2.54. The lowest BCUT2D eigenvalue weighted by Crippen LogP contribution is -1.97. The van der Waals surface area contributed by atoms with Crippen LogP contribution >= 0.6 is 0 Å². The van der Waals surface area contributed by atoms with Crippen LogP contribution in [0, 0.1) is 0 Å². The molecule has 3 heteroatoms. The van der Waals surface area contributed by atoms with Crippen molar-refractivity contribution < 1.29 is 14.6 Å². The van der Waals surface area contributed by atoms with E-state index in [1.165, 1.54) is 13.2 Å². The molecule has 0 unspecified atom stereocenters. The number of carboxylic acid groups (broad SMARTS) is 1. The van der Waals surface area contributed by atoms with E-state index in [9.17, 15) is 4.79 Å². The van der Waals surface area contributed by atoms with E-state index in [0.717, 1.165) is 0 Å². The summed E-state index contributed by atoms with van der Waals surface area (Å²) in [5, 5.41) is 8.51. The van der Waals surface area contributed by atoms with Crippen molar-refractivity contribution in [3.63, 3.8) is 0 Å². The van der Waals surface area contributed by atoms with Gasteiger partial charge in [-0.15, -0.1) is 0 Å². The highest BCUT2D eigenvalue weighted by atomic mass is 16.5. The van der Waals surface area contributed by atoms with Crippen LogP contribution in [0.25, 0.3) is 0 Å².